The molecule has 6 heteroatoms. The fourth-order valence-corrected chi connectivity index (χ4v) is 7.73. The Morgan fingerprint density at radius 1 is 0.593 bits per heavy atom. The van der Waals surface area contributed by atoms with Crippen LogP contribution in [0.2, 0.25) is 0 Å². The Balaban J connectivity index is 0.00000528. The molecule has 7 aromatic rings. The van der Waals surface area contributed by atoms with E-state index in [0.29, 0.717) is 11.5 Å². The molecule has 0 aliphatic carbocycles. The van der Waals surface area contributed by atoms with Crippen LogP contribution in [0, 0.1) is 38.1 Å². The topological polar surface area (TPSA) is 33.5 Å². The van der Waals surface area contributed by atoms with E-state index in [9.17, 15) is 0 Å². The fourth-order valence-electron chi connectivity index (χ4n) is 7.73. The van der Waals surface area contributed by atoms with Crippen molar-refractivity contribution in [1.29, 1.82) is 0 Å². The molecule has 2 aromatic heterocycles. The molecule has 0 fully saturated rings. The predicted molar refractivity (Wildman–Crippen MR) is 244 cm³/mol. The van der Waals surface area contributed by atoms with E-state index in [1.54, 1.807) is 0 Å². The second kappa shape index (κ2) is 15.0. The number of anilines is 4. The average Bonchev–Trinajstić information content (AvgIpc) is 3.69. The zero-order valence-corrected chi connectivity index (χ0v) is 39.2. The smallest absolute Gasteiger partial charge is 0.135 e. The van der Waals surface area contributed by atoms with Crippen LogP contribution in [0.4, 0.5) is 22.7 Å². The molecule has 0 radical (unpaired) electrons. The van der Waals surface area contributed by atoms with E-state index in [1.807, 2.05) is 12.3 Å². The maximum Gasteiger partial charge on any atom is 0.135 e. The monoisotopic (exact) mass is 960 g/mol. The van der Waals surface area contributed by atoms with E-state index < -0.39 is 0 Å². The second-order valence-electron chi connectivity index (χ2n) is 19.8. The number of fused-ring (bicyclic) bond motifs is 4. The maximum absolute atomic E-state index is 6.82. The molecular formula is C53H57N4OPt-3. The molecule has 1 aliphatic rings. The first-order valence-electron chi connectivity index (χ1n) is 20.5. The molecule has 0 atom stereocenters. The van der Waals surface area contributed by atoms with Crippen molar-refractivity contribution in [2.75, 3.05) is 9.80 Å². The second-order valence-corrected chi connectivity index (χ2v) is 19.8. The predicted octanol–water partition coefficient (Wildman–Crippen LogP) is 14.5. The minimum Gasteiger partial charge on any atom is -0.509 e. The third kappa shape index (κ3) is 7.72. The molecule has 0 saturated heterocycles. The normalized spacial score (nSPS) is 13.6. The first kappa shape index (κ1) is 42.3. The summed E-state index contributed by atoms with van der Waals surface area (Å²) < 4.78 is 9.02. The molecule has 0 unspecified atom stereocenters. The SMILES string of the molecule is Cc1cc2c(cc1C)N(c1cccc(C(C)(C)C(C)(C)C)c1)[CH-]N2c1[c-]c(Oc2[c-]c3c(cc2)c2ccccc2n3-c2cc(C(C)(C)C)ccn2)cc(C(C)(C)C)c1.[Pt]. The van der Waals surface area contributed by atoms with E-state index in [-0.39, 0.29) is 42.7 Å². The van der Waals surface area contributed by atoms with Gasteiger partial charge < -0.3 is 19.1 Å². The molecule has 1 aliphatic heterocycles. The standard InChI is InChI=1S/C53H57N4O.Pt/c1-34-25-47-48(26-35(34)2)56(33-55(47)39-18-16-17-37(27-39)53(12,13)52(9,10)11)40-28-38(51(6,7)8)29-42(31-40)58-41-21-22-44-43-19-14-15-20-45(43)57(46(44)32-41)49-30-36(23-24-54-49)50(3,4)5;/h14-30,33H,1-13H3;/q-3;. The summed E-state index contributed by atoms with van der Waals surface area (Å²) in [6, 6.07) is 42.3. The Hall–Kier alpha value is -4.86. The first-order valence-corrected chi connectivity index (χ1v) is 20.5. The van der Waals surface area contributed by atoms with Crippen molar-refractivity contribution in [3.8, 4) is 17.3 Å². The van der Waals surface area contributed by atoms with Crippen molar-refractivity contribution in [3.63, 3.8) is 0 Å². The summed E-state index contributed by atoms with van der Waals surface area (Å²) in [4.78, 5) is 9.46. The molecule has 0 spiro atoms. The van der Waals surface area contributed by atoms with E-state index in [4.69, 9.17) is 9.72 Å². The van der Waals surface area contributed by atoms with Gasteiger partial charge in [0.15, 0.2) is 0 Å². The third-order valence-electron chi connectivity index (χ3n) is 12.6. The van der Waals surface area contributed by atoms with Gasteiger partial charge in [-0.1, -0.05) is 112 Å². The molecule has 3 heterocycles. The van der Waals surface area contributed by atoms with Gasteiger partial charge in [0.1, 0.15) is 5.82 Å². The van der Waals surface area contributed by atoms with Crippen molar-refractivity contribution in [2.45, 2.75) is 106 Å². The Bertz CT molecular complexity index is 2700. The van der Waals surface area contributed by atoms with Gasteiger partial charge in [-0.05, 0) is 106 Å². The van der Waals surface area contributed by atoms with Crippen LogP contribution >= 0.6 is 0 Å². The molecule has 0 amide bonds. The van der Waals surface area contributed by atoms with E-state index in [1.165, 1.54) is 22.3 Å². The molecule has 8 rings (SSSR count). The van der Waals surface area contributed by atoms with E-state index >= 15 is 0 Å². The van der Waals surface area contributed by atoms with Gasteiger partial charge in [0.2, 0.25) is 0 Å². The summed E-state index contributed by atoms with van der Waals surface area (Å²) in [7, 11) is 0. The number of benzene rings is 5. The molecule has 0 saturated carbocycles. The minimum atomic E-state index is -0.149. The Labute approximate surface area is 366 Å². The summed E-state index contributed by atoms with van der Waals surface area (Å²) in [5.74, 6) is 2.12. The number of para-hydroxylation sites is 1. The molecule has 308 valence electrons. The van der Waals surface area contributed by atoms with Gasteiger partial charge in [-0.15, -0.1) is 53.6 Å². The van der Waals surface area contributed by atoms with Crippen LogP contribution in [0.5, 0.6) is 11.5 Å². The Morgan fingerprint density at radius 2 is 1.27 bits per heavy atom. The summed E-state index contributed by atoms with van der Waals surface area (Å²) in [5.41, 5.74) is 12.4. The maximum atomic E-state index is 6.82. The molecular weight excluding hydrogens is 904 g/mol. The van der Waals surface area contributed by atoms with Crippen LogP contribution in [-0.2, 0) is 37.3 Å². The largest absolute Gasteiger partial charge is 0.509 e. The van der Waals surface area contributed by atoms with E-state index in [2.05, 4.69) is 214 Å². The summed E-state index contributed by atoms with van der Waals surface area (Å²) in [5, 5.41) is 2.25. The number of hydrogen-bond acceptors (Lipinski definition) is 4. The van der Waals surface area contributed by atoms with Crippen LogP contribution in [0.25, 0.3) is 27.6 Å². The number of hydrogen-bond donors (Lipinski definition) is 0. The summed E-state index contributed by atoms with van der Waals surface area (Å²) >= 11 is 0. The van der Waals surface area contributed by atoms with Gasteiger partial charge in [-0.3, -0.25) is 0 Å². The van der Waals surface area contributed by atoms with Crippen LogP contribution < -0.4 is 14.5 Å². The number of aryl methyl sites for hydroxylation is 2. The van der Waals surface area contributed by atoms with Crippen LogP contribution in [0.3, 0.4) is 0 Å². The van der Waals surface area contributed by atoms with Gasteiger partial charge in [0, 0.05) is 61.3 Å². The molecule has 0 bridgehead atoms. The average molecular weight is 961 g/mol. The number of aromatic nitrogens is 2. The van der Waals surface area contributed by atoms with Crippen molar-refractivity contribution in [2.24, 2.45) is 5.41 Å². The van der Waals surface area contributed by atoms with E-state index in [0.717, 1.165) is 55.9 Å². The Kier molecular flexibility index (Phi) is 10.7. The molecule has 5 nitrogen and oxygen atoms in total. The summed E-state index contributed by atoms with van der Waals surface area (Å²) in [6.07, 6.45) is 1.91. The summed E-state index contributed by atoms with van der Waals surface area (Å²) in [6.45, 7) is 31.7. The number of nitrogens with zero attached hydrogens (tertiary/aromatic N) is 4. The van der Waals surface area contributed by atoms with Crippen molar-refractivity contribution >= 4 is 44.6 Å². The van der Waals surface area contributed by atoms with Crippen LogP contribution in [0.15, 0.2) is 103 Å². The number of ether oxygens (including phenoxy) is 1. The van der Waals surface area contributed by atoms with Gasteiger partial charge in [-0.25, -0.2) is 4.98 Å². The molecule has 59 heavy (non-hydrogen) atoms. The number of rotatable bonds is 6. The fraction of sp³-hybridized carbons (Fsp3) is 0.321. The van der Waals surface area contributed by atoms with Crippen LogP contribution in [0.1, 0.15) is 104 Å². The zero-order valence-electron chi connectivity index (χ0n) is 36.9. The first-order chi connectivity index (χ1) is 27.2. The van der Waals surface area contributed by atoms with Crippen molar-refractivity contribution in [3.05, 3.63) is 150 Å². The van der Waals surface area contributed by atoms with Crippen LogP contribution in [-0.4, -0.2) is 9.55 Å². The van der Waals surface area contributed by atoms with Crippen molar-refractivity contribution in [1.82, 2.24) is 9.55 Å². The zero-order chi connectivity index (χ0) is 41.5. The quantitative estimate of drug-likeness (QED) is 0.156. The van der Waals surface area contributed by atoms with Crippen molar-refractivity contribution < 1.29 is 25.8 Å². The third-order valence-corrected chi connectivity index (χ3v) is 12.6. The minimum absolute atomic E-state index is 0. The molecule has 5 aromatic carbocycles. The van der Waals surface area contributed by atoms with Gasteiger partial charge >= 0.3 is 0 Å². The molecule has 0 N–H and O–H groups in total. The number of pyridine rings is 1. The van der Waals surface area contributed by atoms with Gasteiger partial charge in [0.05, 0.1) is 0 Å². The Morgan fingerprint density at radius 3 is 1.95 bits per heavy atom. The van der Waals surface area contributed by atoms with Gasteiger partial charge in [-0.2, -0.15) is 6.07 Å². The van der Waals surface area contributed by atoms with Gasteiger partial charge in [0.25, 0.3) is 0 Å².